The Morgan fingerprint density at radius 3 is 2.56 bits per heavy atom. The summed E-state index contributed by atoms with van der Waals surface area (Å²) in [6, 6.07) is 10.3. The van der Waals surface area contributed by atoms with Crippen LogP contribution in [0, 0.1) is 11.3 Å². The van der Waals surface area contributed by atoms with E-state index >= 15 is 0 Å². The van der Waals surface area contributed by atoms with Crippen LogP contribution in [0.25, 0.3) is 0 Å². The quantitative estimate of drug-likeness (QED) is 0.685. The summed E-state index contributed by atoms with van der Waals surface area (Å²) in [5.74, 6) is 0.236. The molecule has 0 aromatic heterocycles. The summed E-state index contributed by atoms with van der Waals surface area (Å²) in [5.41, 5.74) is 2.21. The van der Waals surface area contributed by atoms with Crippen molar-refractivity contribution in [2.45, 2.75) is 20.3 Å². The van der Waals surface area contributed by atoms with E-state index in [-0.39, 0.29) is 11.2 Å². The highest BCUT2D eigenvalue weighted by Crippen LogP contribution is 2.43. The van der Waals surface area contributed by atoms with Crippen LogP contribution in [0.2, 0.25) is 0 Å². The first kappa shape index (κ1) is 13.5. The Bertz CT molecular complexity index is 475. The minimum absolute atomic E-state index is 0.108. The van der Waals surface area contributed by atoms with Gasteiger partial charge in [-0.15, -0.1) is 0 Å². The molecule has 0 fully saturated rings. The standard InChI is InChI=1S/C16H18BrF/c1-12-8-14(18)10-16(2,15(12)11-17)9-13-6-4-3-5-7-13/h3-8,10,15H,9,11H2,1-2H3. The van der Waals surface area contributed by atoms with Gasteiger partial charge in [-0.3, -0.25) is 0 Å². The van der Waals surface area contributed by atoms with E-state index in [1.54, 1.807) is 12.2 Å². The van der Waals surface area contributed by atoms with Gasteiger partial charge in [0.25, 0.3) is 0 Å². The van der Waals surface area contributed by atoms with Crippen molar-refractivity contribution in [1.29, 1.82) is 0 Å². The lowest BCUT2D eigenvalue weighted by Gasteiger charge is -2.37. The van der Waals surface area contributed by atoms with Gasteiger partial charge in [0.1, 0.15) is 5.83 Å². The fourth-order valence-corrected chi connectivity index (χ4v) is 4.05. The third-order valence-corrected chi connectivity index (χ3v) is 4.41. The van der Waals surface area contributed by atoms with Crippen molar-refractivity contribution in [2.75, 3.05) is 5.33 Å². The van der Waals surface area contributed by atoms with Crippen LogP contribution in [0.15, 0.2) is 53.9 Å². The molecule has 1 aromatic carbocycles. The molecule has 0 saturated heterocycles. The van der Waals surface area contributed by atoms with E-state index in [1.165, 1.54) is 5.56 Å². The first-order valence-electron chi connectivity index (χ1n) is 6.21. The van der Waals surface area contributed by atoms with Crippen LogP contribution in [0.1, 0.15) is 19.4 Å². The van der Waals surface area contributed by atoms with Crippen molar-refractivity contribution in [3.05, 3.63) is 59.4 Å². The average molecular weight is 309 g/mol. The van der Waals surface area contributed by atoms with Gasteiger partial charge in [-0.2, -0.15) is 0 Å². The van der Waals surface area contributed by atoms with Crippen molar-refractivity contribution in [3.8, 4) is 0 Å². The topological polar surface area (TPSA) is 0 Å². The first-order valence-corrected chi connectivity index (χ1v) is 7.34. The van der Waals surface area contributed by atoms with Gasteiger partial charge in [-0.1, -0.05) is 58.8 Å². The van der Waals surface area contributed by atoms with Gasteiger partial charge in [-0.25, -0.2) is 4.39 Å². The summed E-state index contributed by atoms with van der Waals surface area (Å²) in [5, 5.41) is 0.864. The molecule has 0 bridgehead atoms. The smallest absolute Gasteiger partial charge is 0.119 e. The fourth-order valence-electron chi connectivity index (χ4n) is 2.80. The molecule has 1 aliphatic rings. The maximum atomic E-state index is 13.7. The lowest BCUT2D eigenvalue weighted by molar-refractivity contribution is 0.304. The number of benzene rings is 1. The summed E-state index contributed by atoms with van der Waals surface area (Å²) >= 11 is 3.57. The molecule has 1 aliphatic carbocycles. The Hall–Kier alpha value is -0.890. The van der Waals surface area contributed by atoms with Crippen molar-refractivity contribution in [1.82, 2.24) is 0 Å². The van der Waals surface area contributed by atoms with Gasteiger partial charge >= 0.3 is 0 Å². The number of rotatable bonds is 3. The zero-order valence-corrected chi connectivity index (χ0v) is 12.4. The van der Waals surface area contributed by atoms with E-state index in [4.69, 9.17) is 0 Å². The normalized spacial score (nSPS) is 27.7. The van der Waals surface area contributed by atoms with E-state index in [9.17, 15) is 4.39 Å². The van der Waals surface area contributed by atoms with Crippen LogP contribution in [0.5, 0.6) is 0 Å². The molecule has 0 amide bonds. The molecule has 2 rings (SSSR count). The molecule has 0 heterocycles. The van der Waals surface area contributed by atoms with Crippen LogP contribution in [-0.4, -0.2) is 5.33 Å². The largest absolute Gasteiger partial charge is 0.207 e. The van der Waals surface area contributed by atoms with Crippen LogP contribution >= 0.6 is 15.9 Å². The van der Waals surface area contributed by atoms with Crippen molar-refractivity contribution < 1.29 is 4.39 Å². The number of halogens is 2. The highest BCUT2D eigenvalue weighted by atomic mass is 79.9. The predicted octanol–water partition coefficient (Wildman–Crippen LogP) is 5.06. The molecule has 0 aliphatic heterocycles. The Morgan fingerprint density at radius 2 is 1.94 bits per heavy atom. The van der Waals surface area contributed by atoms with Crippen molar-refractivity contribution in [3.63, 3.8) is 0 Å². The molecular formula is C16H18BrF. The summed E-state index contributed by atoms with van der Waals surface area (Å²) in [7, 11) is 0. The monoisotopic (exact) mass is 308 g/mol. The molecule has 0 saturated carbocycles. The van der Waals surface area contributed by atoms with Gasteiger partial charge in [0.05, 0.1) is 0 Å². The molecule has 2 heteroatoms. The molecule has 96 valence electrons. The third-order valence-electron chi connectivity index (χ3n) is 3.76. The van der Waals surface area contributed by atoms with Crippen molar-refractivity contribution >= 4 is 15.9 Å². The van der Waals surface area contributed by atoms with Gasteiger partial charge in [0.15, 0.2) is 0 Å². The second-order valence-electron chi connectivity index (χ2n) is 5.29. The molecule has 0 nitrogen and oxygen atoms in total. The minimum Gasteiger partial charge on any atom is -0.207 e. The van der Waals surface area contributed by atoms with E-state index in [1.807, 2.05) is 25.1 Å². The Morgan fingerprint density at radius 1 is 1.28 bits per heavy atom. The number of alkyl halides is 1. The average Bonchev–Trinajstić information content (AvgIpc) is 2.28. The lowest BCUT2D eigenvalue weighted by Crippen LogP contribution is -2.32. The number of hydrogen-bond acceptors (Lipinski definition) is 0. The lowest BCUT2D eigenvalue weighted by atomic mass is 9.68. The molecule has 0 N–H and O–H groups in total. The molecule has 18 heavy (non-hydrogen) atoms. The highest BCUT2D eigenvalue weighted by molar-refractivity contribution is 9.09. The summed E-state index contributed by atoms with van der Waals surface area (Å²) < 4.78 is 13.7. The van der Waals surface area contributed by atoms with Crippen LogP contribution in [0.4, 0.5) is 4.39 Å². The van der Waals surface area contributed by atoms with Gasteiger partial charge in [0, 0.05) is 5.33 Å². The molecule has 0 radical (unpaired) electrons. The van der Waals surface area contributed by atoms with Crippen LogP contribution < -0.4 is 0 Å². The van der Waals surface area contributed by atoms with Crippen LogP contribution in [-0.2, 0) is 6.42 Å². The Kier molecular flexibility index (Phi) is 4.06. The minimum atomic E-state index is -0.159. The maximum Gasteiger partial charge on any atom is 0.119 e. The molecule has 2 unspecified atom stereocenters. The second-order valence-corrected chi connectivity index (χ2v) is 5.94. The summed E-state index contributed by atoms with van der Waals surface area (Å²) in [6.07, 6.45) is 4.29. The Balaban J connectivity index is 2.31. The van der Waals surface area contributed by atoms with Crippen LogP contribution in [0.3, 0.4) is 0 Å². The molecule has 1 aromatic rings. The zero-order valence-electron chi connectivity index (χ0n) is 10.8. The van der Waals surface area contributed by atoms with Gasteiger partial charge < -0.3 is 0 Å². The van der Waals surface area contributed by atoms with Gasteiger partial charge in [0.2, 0.25) is 0 Å². The zero-order chi connectivity index (χ0) is 13.2. The summed E-state index contributed by atoms with van der Waals surface area (Å²) in [4.78, 5) is 0. The highest BCUT2D eigenvalue weighted by Gasteiger charge is 2.35. The first-order chi connectivity index (χ1) is 8.55. The van der Waals surface area contributed by atoms with E-state index in [0.717, 1.165) is 17.3 Å². The molecular weight excluding hydrogens is 291 g/mol. The molecule has 2 atom stereocenters. The van der Waals surface area contributed by atoms with Crippen molar-refractivity contribution in [2.24, 2.45) is 11.3 Å². The number of hydrogen-bond donors (Lipinski definition) is 0. The third kappa shape index (κ3) is 2.74. The molecule has 0 spiro atoms. The maximum absolute atomic E-state index is 13.7. The summed E-state index contributed by atoms with van der Waals surface area (Å²) in [6.45, 7) is 4.16. The van der Waals surface area contributed by atoms with E-state index in [0.29, 0.717) is 5.92 Å². The Labute approximate surface area is 117 Å². The van der Waals surface area contributed by atoms with E-state index in [2.05, 4.69) is 35.0 Å². The SMILES string of the molecule is CC1=CC(F)=CC(C)(Cc2ccccc2)C1CBr. The second kappa shape index (κ2) is 5.40. The predicted molar refractivity (Wildman–Crippen MR) is 78.5 cm³/mol. The number of allylic oxidation sites excluding steroid dienone is 4. The van der Waals surface area contributed by atoms with Gasteiger partial charge in [-0.05, 0) is 42.4 Å². The fraction of sp³-hybridized carbons (Fsp3) is 0.375. The van der Waals surface area contributed by atoms with E-state index < -0.39 is 0 Å².